The molecule has 0 aromatic heterocycles. The Morgan fingerprint density at radius 3 is 2.50 bits per heavy atom. The average Bonchev–Trinajstić information content (AvgIpc) is 2.82. The van der Waals surface area contributed by atoms with E-state index in [0.29, 0.717) is 18.7 Å². The smallest absolute Gasteiger partial charge is 0.387 e. The van der Waals surface area contributed by atoms with E-state index in [1.54, 1.807) is 4.90 Å². The topological polar surface area (TPSA) is 68.3 Å². The first-order valence-electron chi connectivity index (χ1n) is 10.9. The maximum Gasteiger partial charge on any atom is 0.387 e. The van der Waals surface area contributed by atoms with E-state index >= 15 is 0 Å². The van der Waals surface area contributed by atoms with Crippen molar-refractivity contribution in [3.8, 4) is 11.5 Å². The molecule has 0 bridgehead atoms. The van der Waals surface area contributed by atoms with Gasteiger partial charge in [0.1, 0.15) is 0 Å². The van der Waals surface area contributed by atoms with Crippen LogP contribution in [0.2, 0.25) is 0 Å². The van der Waals surface area contributed by atoms with E-state index in [1.807, 2.05) is 6.07 Å². The van der Waals surface area contributed by atoms with Crippen molar-refractivity contribution in [2.45, 2.75) is 20.1 Å². The quantitative estimate of drug-likeness (QED) is 0.409. The van der Waals surface area contributed by atoms with Gasteiger partial charge in [-0.1, -0.05) is 35.9 Å². The summed E-state index contributed by atoms with van der Waals surface area (Å²) in [5, 5.41) is 0. The van der Waals surface area contributed by atoms with Gasteiger partial charge in [-0.05, 0) is 36.3 Å². The molecule has 1 aliphatic rings. The van der Waals surface area contributed by atoms with E-state index in [-0.39, 0.29) is 24.0 Å². The number of amides is 1. The fourth-order valence-electron chi connectivity index (χ4n) is 3.64. The summed E-state index contributed by atoms with van der Waals surface area (Å²) < 4.78 is 39.3. The molecule has 7 nitrogen and oxygen atoms in total. The third kappa shape index (κ3) is 7.55. The van der Waals surface area contributed by atoms with Crippen LogP contribution in [0.15, 0.2) is 48.5 Å². The monoisotopic (exact) mass is 474 g/mol. The molecule has 2 aromatic rings. The number of nitrogens with zero attached hydrogens (tertiary/aromatic N) is 2. The van der Waals surface area contributed by atoms with Crippen LogP contribution in [0.4, 0.5) is 8.78 Å². The number of hydrogen-bond acceptors (Lipinski definition) is 6. The number of carbonyl (C=O) groups excluding carboxylic acids is 2. The summed E-state index contributed by atoms with van der Waals surface area (Å²) in [6, 6.07) is 12.6. The number of alkyl halides is 2. The highest BCUT2D eigenvalue weighted by Crippen LogP contribution is 2.29. The van der Waals surface area contributed by atoms with Gasteiger partial charge >= 0.3 is 12.6 Å². The van der Waals surface area contributed by atoms with Gasteiger partial charge in [0.2, 0.25) is 0 Å². The largest absolute Gasteiger partial charge is 0.493 e. The van der Waals surface area contributed by atoms with Crippen molar-refractivity contribution < 1.29 is 32.6 Å². The first-order chi connectivity index (χ1) is 16.3. The number of methoxy groups -OCH3 is 1. The Morgan fingerprint density at radius 2 is 1.82 bits per heavy atom. The molecule has 2 aromatic carbocycles. The lowest BCUT2D eigenvalue weighted by molar-refractivity contribution is -0.149. The zero-order chi connectivity index (χ0) is 24.5. The van der Waals surface area contributed by atoms with Crippen molar-refractivity contribution in [3.63, 3.8) is 0 Å². The van der Waals surface area contributed by atoms with Crippen LogP contribution in [0, 0.1) is 6.92 Å². The van der Waals surface area contributed by atoms with Gasteiger partial charge in [-0.25, -0.2) is 4.79 Å². The Balaban J connectivity index is 1.42. The normalized spacial score (nSPS) is 14.4. The van der Waals surface area contributed by atoms with Crippen LogP contribution in [0.25, 0.3) is 6.08 Å². The van der Waals surface area contributed by atoms with Crippen molar-refractivity contribution in [2.75, 3.05) is 39.9 Å². The minimum absolute atomic E-state index is 0.104. The van der Waals surface area contributed by atoms with Crippen LogP contribution in [0.5, 0.6) is 11.5 Å². The minimum atomic E-state index is -2.97. The molecule has 0 saturated carbocycles. The molecule has 3 rings (SSSR count). The molecule has 34 heavy (non-hydrogen) atoms. The summed E-state index contributed by atoms with van der Waals surface area (Å²) in [5.74, 6) is -0.931. The Morgan fingerprint density at radius 1 is 1.06 bits per heavy atom. The van der Waals surface area contributed by atoms with E-state index in [1.165, 1.54) is 42.5 Å². The second-order valence-electron chi connectivity index (χ2n) is 7.88. The fourth-order valence-corrected chi connectivity index (χ4v) is 3.64. The summed E-state index contributed by atoms with van der Waals surface area (Å²) >= 11 is 0. The molecule has 1 amide bonds. The second kappa shape index (κ2) is 12.1. The predicted octanol–water partition coefficient (Wildman–Crippen LogP) is 3.51. The van der Waals surface area contributed by atoms with Crippen LogP contribution < -0.4 is 9.47 Å². The number of hydrogen-bond donors (Lipinski definition) is 0. The number of carbonyl (C=O) groups is 2. The van der Waals surface area contributed by atoms with Gasteiger partial charge in [0.05, 0.1) is 7.11 Å². The van der Waals surface area contributed by atoms with Gasteiger partial charge in [-0.2, -0.15) is 8.78 Å². The molecule has 182 valence electrons. The van der Waals surface area contributed by atoms with Crippen molar-refractivity contribution in [1.29, 1.82) is 0 Å². The molecule has 0 unspecified atom stereocenters. The number of benzene rings is 2. The Hall–Kier alpha value is -3.46. The van der Waals surface area contributed by atoms with Gasteiger partial charge in [0, 0.05) is 38.8 Å². The molecule has 9 heteroatoms. The molecule has 1 aliphatic heterocycles. The molecular weight excluding hydrogens is 446 g/mol. The van der Waals surface area contributed by atoms with Crippen molar-refractivity contribution in [1.82, 2.24) is 9.80 Å². The number of ether oxygens (including phenoxy) is 3. The Labute approximate surface area is 197 Å². The van der Waals surface area contributed by atoms with Gasteiger partial charge in [0.15, 0.2) is 18.1 Å². The summed E-state index contributed by atoms with van der Waals surface area (Å²) in [6.45, 7) is 2.24. The van der Waals surface area contributed by atoms with Crippen molar-refractivity contribution in [3.05, 3.63) is 65.2 Å². The van der Waals surface area contributed by atoms with Crippen LogP contribution in [-0.2, 0) is 20.9 Å². The van der Waals surface area contributed by atoms with Crippen molar-refractivity contribution >= 4 is 18.0 Å². The van der Waals surface area contributed by atoms with Crippen molar-refractivity contribution in [2.24, 2.45) is 0 Å². The first-order valence-corrected chi connectivity index (χ1v) is 10.9. The number of aryl methyl sites for hydroxylation is 1. The zero-order valence-electron chi connectivity index (χ0n) is 19.2. The maximum absolute atomic E-state index is 12.4. The summed E-state index contributed by atoms with van der Waals surface area (Å²) in [7, 11) is 1.32. The number of piperazine rings is 1. The maximum atomic E-state index is 12.4. The molecule has 0 radical (unpaired) electrons. The second-order valence-corrected chi connectivity index (χ2v) is 7.88. The van der Waals surface area contributed by atoms with E-state index in [0.717, 1.165) is 25.7 Å². The lowest BCUT2D eigenvalue weighted by atomic mass is 10.1. The third-order valence-corrected chi connectivity index (χ3v) is 5.37. The number of rotatable bonds is 9. The van der Waals surface area contributed by atoms with Crippen LogP contribution in [0.1, 0.15) is 16.7 Å². The van der Waals surface area contributed by atoms with E-state index in [4.69, 9.17) is 9.47 Å². The fraction of sp³-hybridized carbons (Fsp3) is 0.360. The molecule has 0 spiro atoms. The van der Waals surface area contributed by atoms with Gasteiger partial charge in [-0.15, -0.1) is 0 Å². The summed E-state index contributed by atoms with van der Waals surface area (Å²) in [6.07, 6.45) is 2.60. The lowest BCUT2D eigenvalue weighted by Gasteiger charge is -2.34. The Kier molecular flexibility index (Phi) is 8.98. The number of halogens is 2. The van der Waals surface area contributed by atoms with Crippen LogP contribution in [0.3, 0.4) is 0 Å². The molecule has 1 heterocycles. The zero-order valence-corrected chi connectivity index (χ0v) is 19.2. The third-order valence-electron chi connectivity index (χ3n) is 5.37. The van der Waals surface area contributed by atoms with Gasteiger partial charge < -0.3 is 19.1 Å². The first kappa shape index (κ1) is 25.2. The minimum Gasteiger partial charge on any atom is -0.493 e. The predicted molar refractivity (Wildman–Crippen MR) is 123 cm³/mol. The molecule has 1 fully saturated rings. The summed E-state index contributed by atoms with van der Waals surface area (Å²) in [4.78, 5) is 28.4. The highest BCUT2D eigenvalue weighted by atomic mass is 19.3. The van der Waals surface area contributed by atoms with E-state index in [9.17, 15) is 18.4 Å². The molecule has 0 aliphatic carbocycles. The van der Waals surface area contributed by atoms with Crippen LogP contribution >= 0.6 is 0 Å². The van der Waals surface area contributed by atoms with Gasteiger partial charge in [0.25, 0.3) is 5.91 Å². The molecule has 0 atom stereocenters. The van der Waals surface area contributed by atoms with Gasteiger partial charge in [-0.3, -0.25) is 9.69 Å². The average molecular weight is 475 g/mol. The van der Waals surface area contributed by atoms with E-state index in [2.05, 4.69) is 34.8 Å². The van der Waals surface area contributed by atoms with Crippen LogP contribution in [-0.4, -0.2) is 68.2 Å². The molecular formula is C25H28F2N2O5. The Bertz CT molecular complexity index is 1020. The summed E-state index contributed by atoms with van der Waals surface area (Å²) in [5.41, 5.74) is 2.99. The van der Waals surface area contributed by atoms with E-state index < -0.39 is 12.6 Å². The SMILES string of the molecule is COc1cc(/C=C/C(=O)OCC(=O)N2CCN(Cc3cccc(C)c3)CC2)ccc1OC(F)F. The standard InChI is InChI=1S/C25H28F2N2O5/c1-18-4-3-5-20(14-18)16-28-10-12-29(13-11-28)23(30)17-33-24(31)9-7-19-6-8-21(34-25(26)27)22(15-19)32-2/h3-9,14-15,25H,10-13,16-17H2,1-2H3/b9-7+. The molecule has 1 saturated heterocycles. The highest BCUT2D eigenvalue weighted by molar-refractivity contribution is 5.89. The lowest BCUT2D eigenvalue weighted by Crippen LogP contribution is -2.49. The number of esters is 1. The molecule has 0 N–H and O–H groups in total. The highest BCUT2D eigenvalue weighted by Gasteiger charge is 2.22.